The molecule has 2 aromatic rings. The average molecular weight is 345 g/mol. The molecule has 24 heavy (non-hydrogen) atoms. The lowest BCUT2D eigenvalue weighted by Crippen LogP contribution is -2.25. The first-order chi connectivity index (χ1) is 11.5. The number of nitrogens with one attached hydrogen (secondary N) is 1. The zero-order valence-corrected chi connectivity index (χ0v) is 14.9. The first-order valence-corrected chi connectivity index (χ1v) is 8.18. The van der Waals surface area contributed by atoms with Gasteiger partial charge in [-0.15, -0.1) is 0 Å². The number of rotatable bonds is 6. The van der Waals surface area contributed by atoms with Gasteiger partial charge in [-0.05, 0) is 55.2 Å². The van der Waals surface area contributed by atoms with Crippen molar-refractivity contribution in [3.8, 4) is 5.75 Å². The second kappa shape index (κ2) is 8.50. The Bertz CT molecular complexity index is 740. The van der Waals surface area contributed by atoms with E-state index in [1.165, 1.54) is 5.56 Å². The monoisotopic (exact) mass is 344 g/mol. The smallest absolute Gasteiger partial charge is 0.277 e. The van der Waals surface area contributed by atoms with Crippen LogP contribution < -0.4 is 10.2 Å². The Balaban J connectivity index is 1.89. The molecule has 0 atom stereocenters. The van der Waals surface area contributed by atoms with Crippen LogP contribution in [0.2, 0.25) is 5.02 Å². The van der Waals surface area contributed by atoms with Crippen molar-refractivity contribution in [3.05, 3.63) is 64.2 Å². The largest absolute Gasteiger partial charge is 0.483 e. The molecule has 0 aliphatic heterocycles. The zero-order chi connectivity index (χ0) is 17.5. The summed E-state index contributed by atoms with van der Waals surface area (Å²) in [5, 5.41) is 4.75. The number of carbonyl (C=O) groups excluding carboxylic acids is 1. The van der Waals surface area contributed by atoms with E-state index in [1.807, 2.05) is 26.0 Å². The molecule has 0 unspecified atom stereocenters. The van der Waals surface area contributed by atoms with Gasteiger partial charge in [-0.2, -0.15) is 5.10 Å². The van der Waals surface area contributed by atoms with Crippen molar-refractivity contribution in [3.63, 3.8) is 0 Å². The van der Waals surface area contributed by atoms with E-state index in [2.05, 4.69) is 29.6 Å². The van der Waals surface area contributed by atoms with E-state index in [1.54, 1.807) is 18.2 Å². The van der Waals surface area contributed by atoms with Gasteiger partial charge in [0.05, 0.1) is 5.71 Å². The normalized spacial score (nSPS) is 11.2. The fourth-order valence-corrected chi connectivity index (χ4v) is 2.37. The Labute approximate surface area is 147 Å². The van der Waals surface area contributed by atoms with Crippen LogP contribution in [0.3, 0.4) is 0 Å². The van der Waals surface area contributed by atoms with Crippen molar-refractivity contribution < 1.29 is 9.53 Å². The molecule has 2 aromatic carbocycles. The Morgan fingerprint density at radius 2 is 1.92 bits per heavy atom. The molecule has 0 bridgehead atoms. The number of hydrazone groups is 1. The lowest BCUT2D eigenvalue weighted by atomic mass is 10.1. The van der Waals surface area contributed by atoms with Crippen molar-refractivity contribution in [2.45, 2.75) is 27.2 Å². The van der Waals surface area contributed by atoms with Gasteiger partial charge in [0.25, 0.3) is 5.91 Å². The Hall–Kier alpha value is -2.33. The molecular formula is C19H21ClN2O2. The van der Waals surface area contributed by atoms with Gasteiger partial charge in [0.1, 0.15) is 5.75 Å². The van der Waals surface area contributed by atoms with Crippen molar-refractivity contribution in [2.24, 2.45) is 5.10 Å². The molecule has 0 heterocycles. The van der Waals surface area contributed by atoms with Crippen LogP contribution in [0, 0.1) is 6.92 Å². The van der Waals surface area contributed by atoms with Gasteiger partial charge in [0.2, 0.25) is 0 Å². The fraction of sp³-hybridized carbons (Fsp3) is 0.263. The number of benzene rings is 2. The number of hydrogen-bond acceptors (Lipinski definition) is 3. The van der Waals surface area contributed by atoms with Gasteiger partial charge in [0.15, 0.2) is 6.61 Å². The van der Waals surface area contributed by atoms with Gasteiger partial charge in [-0.25, -0.2) is 5.43 Å². The van der Waals surface area contributed by atoms with E-state index in [4.69, 9.17) is 16.3 Å². The Morgan fingerprint density at radius 1 is 1.21 bits per heavy atom. The number of carbonyl (C=O) groups is 1. The highest BCUT2D eigenvalue weighted by Crippen LogP contribution is 2.21. The Morgan fingerprint density at radius 3 is 2.54 bits per heavy atom. The predicted molar refractivity (Wildman–Crippen MR) is 97.9 cm³/mol. The molecule has 0 saturated heterocycles. The second-order valence-electron chi connectivity index (χ2n) is 5.48. The zero-order valence-electron chi connectivity index (χ0n) is 14.1. The Kier molecular flexibility index (Phi) is 6.38. The van der Waals surface area contributed by atoms with E-state index < -0.39 is 0 Å². The van der Waals surface area contributed by atoms with E-state index in [0.717, 1.165) is 23.3 Å². The predicted octanol–water partition coefficient (Wildman–Crippen LogP) is 4.13. The summed E-state index contributed by atoms with van der Waals surface area (Å²) in [4.78, 5) is 11.9. The summed E-state index contributed by atoms with van der Waals surface area (Å²) in [6, 6.07) is 13.4. The molecule has 0 aliphatic carbocycles. The summed E-state index contributed by atoms with van der Waals surface area (Å²) in [5.41, 5.74) is 6.37. The van der Waals surface area contributed by atoms with Crippen LogP contribution in [-0.2, 0) is 11.2 Å². The van der Waals surface area contributed by atoms with E-state index in [-0.39, 0.29) is 12.5 Å². The maximum Gasteiger partial charge on any atom is 0.277 e. The minimum absolute atomic E-state index is 0.103. The highest BCUT2D eigenvalue weighted by molar-refractivity contribution is 6.30. The molecule has 0 fully saturated rings. The second-order valence-corrected chi connectivity index (χ2v) is 5.92. The lowest BCUT2D eigenvalue weighted by molar-refractivity contribution is -0.123. The van der Waals surface area contributed by atoms with Gasteiger partial charge in [-0.3, -0.25) is 4.79 Å². The van der Waals surface area contributed by atoms with Gasteiger partial charge in [0, 0.05) is 5.02 Å². The molecule has 0 spiro atoms. The number of aryl methyl sites for hydroxylation is 2. The standard InChI is InChI=1S/C19H21ClN2O2/c1-4-15-5-7-16(8-6-15)14(3)21-22-19(23)12-24-18-10-9-17(20)11-13(18)2/h5-11H,4,12H2,1-3H3,(H,22,23)/b21-14+. The summed E-state index contributed by atoms with van der Waals surface area (Å²) in [6.45, 7) is 5.74. The number of hydrogen-bond donors (Lipinski definition) is 1. The molecule has 0 aromatic heterocycles. The van der Waals surface area contributed by atoms with Crippen LogP contribution in [-0.4, -0.2) is 18.2 Å². The quantitative estimate of drug-likeness (QED) is 0.632. The molecule has 0 aliphatic rings. The molecule has 1 amide bonds. The van der Waals surface area contributed by atoms with Crippen molar-refractivity contribution in [1.29, 1.82) is 0 Å². The van der Waals surface area contributed by atoms with Crippen molar-refractivity contribution >= 4 is 23.2 Å². The van der Waals surface area contributed by atoms with E-state index in [9.17, 15) is 4.79 Å². The molecule has 4 nitrogen and oxygen atoms in total. The molecule has 5 heteroatoms. The van der Waals surface area contributed by atoms with Crippen molar-refractivity contribution in [2.75, 3.05) is 6.61 Å². The summed E-state index contributed by atoms with van der Waals surface area (Å²) in [7, 11) is 0. The summed E-state index contributed by atoms with van der Waals surface area (Å²) in [5.74, 6) is 0.319. The van der Waals surface area contributed by atoms with Crippen LogP contribution in [0.25, 0.3) is 0 Å². The van der Waals surface area contributed by atoms with Gasteiger partial charge < -0.3 is 4.74 Å². The fourth-order valence-electron chi connectivity index (χ4n) is 2.14. The molecule has 126 valence electrons. The molecule has 1 N–H and O–H groups in total. The third-order valence-corrected chi connectivity index (χ3v) is 3.86. The van der Waals surface area contributed by atoms with Crippen LogP contribution in [0.1, 0.15) is 30.5 Å². The maximum atomic E-state index is 11.9. The lowest BCUT2D eigenvalue weighted by Gasteiger charge is -2.08. The number of ether oxygens (including phenoxy) is 1. The first-order valence-electron chi connectivity index (χ1n) is 7.81. The molecule has 0 radical (unpaired) electrons. The number of halogens is 1. The topological polar surface area (TPSA) is 50.7 Å². The third-order valence-electron chi connectivity index (χ3n) is 3.62. The number of amides is 1. The number of nitrogens with zero attached hydrogens (tertiary/aromatic N) is 1. The SMILES string of the molecule is CCc1ccc(/C(C)=N/NC(=O)COc2ccc(Cl)cc2C)cc1. The highest BCUT2D eigenvalue weighted by atomic mass is 35.5. The summed E-state index contributed by atoms with van der Waals surface area (Å²) >= 11 is 5.89. The van der Waals surface area contributed by atoms with Crippen LogP contribution >= 0.6 is 11.6 Å². The minimum atomic E-state index is -0.311. The average Bonchev–Trinajstić information content (AvgIpc) is 2.59. The molecular weight excluding hydrogens is 324 g/mol. The van der Waals surface area contributed by atoms with Gasteiger partial charge in [-0.1, -0.05) is 42.8 Å². The van der Waals surface area contributed by atoms with E-state index >= 15 is 0 Å². The molecule has 2 rings (SSSR count). The van der Waals surface area contributed by atoms with Crippen LogP contribution in [0.15, 0.2) is 47.6 Å². The summed E-state index contributed by atoms with van der Waals surface area (Å²) in [6.07, 6.45) is 0.995. The molecule has 0 saturated carbocycles. The first kappa shape index (κ1) is 18.0. The minimum Gasteiger partial charge on any atom is -0.483 e. The van der Waals surface area contributed by atoms with E-state index in [0.29, 0.717) is 10.8 Å². The van der Waals surface area contributed by atoms with Crippen LogP contribution in [0.5, 0.6) is 5.75 Å². The van der Waals surface area contributed by atoms with Gasteiger partial charge >= 0.3 is 0 Å². The van der Waals surface area contributed by atoms with Crippen LogP contribution in [0.4, 0.5) is 0 Å². The highest BCUT2D eigenvalue weighted by Gasteiger charge is 2.05. The maximum absolute atomic E-state index is 11.9. The van der Waals surface area contributed by atoms with Crippen molar-refractivity contribution in [1.82, 2.24) is 5.43 Å². The third kappa shape index (κ3) is 5.10. The summed E-state index contributed by atoms with van der Waals surface area (Å²) < 4.78 is 5.48.